The van der Waals surface area contributed by atoms with E-state index in [1.165, 1.54) is 19.2 Å². The zero-order chi connectivity index (χ0) is 12.6. The van der Waals surface area contributed by atoms with Gasteiger partial charge in [0.15, 0.2) is 0 Å². The summed E-state index contributed by atoms with van der Waals surface area (Å²) in [7, 11) is 1.48. The van der Waals surface area contributed by atoms with E-state index < -0.39 is 10.5 Å². The van der Waals surface area contributed by atoms with Crippen LogP contribution < -0.4 is 9.47 Å². The topological polar surface area (TPSA) is 61.6 Å². The van der Waals surface area contributed by atoms with E-state index in [2.05, 4.69) is 0 Å². The third-order valence-corrected chi connectivity index (χ3v) is 2.54. The van der Waals surface area contributed by atoms with Crippen LogP contribution in [0, 0.1) is 10.1 Å². The third kappa shape index (κ3) is 2.08. The normalized spacial score (nSPS) is 15.9. The lowest BCUT2D eigenvalue weighted by atomic mass is 10.0. The molecule has 0 atom stereocenters. The molecule has 17 heavy (non-hydrogen) atoms. The molecular formula is C12H13NO4. The Labute approximate surface area is 98.8 Å². The van der Waals surface area contributed by atoms with Crippen LogP contribution in [-0.2, 0) is 0 Å². The molecule has 1 aromatic rings. The predicted molar refractivity (Wildman–Crippen MR) is 63.4 cm³/mol. The molecule has 90 valence electrons. The fourth-order valence-electron chi connectivity index (χ4n) is 1.71. The summed E-state index contributed by atoms with van der Waals surface area (Å²) in [6.45, 7) is 3.77. The summed E-state index contributed by atoms with van der Waals surface area (Å²) in [6, 6.07) is 2.81. The summed E-state index contributed by atoms with van der Waals surface area (Å²) in [5.41, 5.74) is 0.233. The fraction of sp³-hybridized carbons (Fsp3) is 0.333. The number of benzene rings is 1. The number of rotatable bonds is 2. The first-order valence-corrected chi connectivity index (χ1v) is 5.17. The van der Waals surface area contributed by atoms with Crippen molar-refractivity contribution in [2.24, 2.45) is 0 Å². The van der Waals surface area contributed by atoms with E-state index in [1.54, 1.807) is 0 Å². The number of nitrogens with zero attached hydrogens (tertiary/aromatic N) is 1. The van der Waals surface area contributed by atoms with E-state index in [0.717, 1.165) is 5.56 Å². The van der Waals surface area contributed by atoms with Gasteiger partial charge in [-0.15, -0.1) is 0 Å². The van der Waals surface area contributed by atoms with Gasteiger partial charge in [-0.3, -0.25) is 10.1 Å². The van der Waals surface area contributed by atoms with Crippen molar-refractivity contribution in [2.75, 3.05) is 7.11 Å². The van der Waals surface area contributed by atoms with Crippen molar-refractivity contribution in [3.63, 3.8) is 0 Å². The van der Waals surface area contributed by atoms with E-state index in [9.17, 15) is 10.1 Å². The van der Waals surface area contributed by atoms with Crippen LogP contribution in [0.1, 0.15) is 19.4 Å². The number of nitro groups is 1. The van der Waals surface area contributed by atoms with Gasteiger partial charge in [-0.05, 0) is 26.0 Å². The molecule has 5 heteroatoms. The predicted octanol–water partition coefficient (Wildman–Crippen LogP) is 2.79. The minimum Gasteiger partial charge on any atom is -0.496 e. The molecule has 1 heterocycles. The smallest absolute Gasteiger partial charge is 0.276 e. The standard InChI is InChI=1S/C12H13NO4/c1-12(2)5-4-9-10(16-3)6-8(13(14)15)7-11(9)17-12/h4-7H,1-3H3. The molecule has 0 spiro atoms. The number of hydrogen-bond donors (Lipinski definition) is 0. The summed E-state index contributed by atoms with van der Waals surface area (Å²) in [6.07, 6.45) is 3.76. The van der Waals surface area contributed by atoms with Crippen LogP contribution in [0.15, 0.2) is 18.2 Å². The molecule has 0 aromatic heterocycles. The van der Waals surface area contributed by atoms with Crippen molar-refractivity contribution in [2.45, 2.75) is 19.4 Å². The van der Waals surface area contributed by atoms with Gasteiger partial charge >= 0.3 is 0 Å². The quantitative estimate of drug-likeness (QED) is 0.584. The zero-order valence-corrected chi connectivity index (χ0v) is 9.89. The Morgan fingerprint density at radius 2 is 2.12 bits per heavy atom. The summed E-state index contributed by atoms with van der Waals surface area (Å²) < 4.78 is 10.8. The molecule has 0 aliphatic carbocycles. The third-order valence-electron chi connectivity index (χ3n) is 2.54. The molecule has 0 amide bonds. The molecule has 0 N–H and O–H groups in total. The molecule has 5 nitrogen and oxygen atoms in total. The summed E-state index contributed by atoms with van der Waals surface area (Å²) >= 11 is 0. The second kappa shape index (κ2) is 3.76. The minimum absolute atomic E-state index is 0.0355. The highest BCUT2D eigenvalue weighted by Gasteiger charge is 2.26. The lowest BCUT2D eigenvalue weighted by Crippen LogP contribution is -2.27. The Morgan fingerprint density at radius 3 is 2.71 bits per heavy atom. The Morgan fingerprint density at radius 1 is 1.41 bits per heavy atom. The second-order valence-electron chi connectivity index (χ2n) is 4.36. The van der Waals surface area contributed by atoms with E-state index >= 15 is 0 Å². The van der Waals surface area contributed by atoms with Crippen molar-refractivity contribution in [1.82, 2.24) is 0 Å². The molecule has 1 aliphatic rings. The lowest BCUT2D eigenvalue weighted by Gasteiger charge is -2.28. The minimum atomic E-state index is -0.465. The lowest BCUT2D eigenvalue weighted by molar-refractivity contribution is -0.385. The van der Waals surface area contributed by atoms with E-state index in [0.29, 0.717) is 11.5 Å². The van der Waals surface area contributed by atoms with Crippen LogP contribution in [-0.4, -0.2) is 17.6 Å². The highest BCUT2D eigenvalue weighted by molar-refractivity contribution is 5.70. The molecule has 2 rings (SSSR count). The van der Waals surface area contributed by atoms with Crippen LogP contribution in [0.3, 0.4) is 0 Å². The average Bonchev–Trinajstić information content (AvgIpc) is 2.25. The van der Waals surface area contributed by atoms with Crippen LogP contribution in [0.5, 0.6) is 11.5 Å². The van der Waals surface area contributed by atoms with Gasteiger partial charge in [-0.25, -0.2) is 0 Å². The molecule has 0 radical (unpaired) electrons. The number of hydrogen-bond acceptors (Lipinski definition) is 4. The molecule has 0 saturated carbocycles. The van der Waals surface area contributed by atoms with Gasteiger partial charge in [0, 0.05) is 0 Å². The van der Waals surface area contributed by atoms with Crippen molar-refractivity contribution < 1.29 is 14.4 Å². The molecule has 1 aromatic carbocycles. The average molecular weight is 235 g/mol. The Balaban J connectivity index is 2.58. The Bertz CT molecular complexity index is 505. The Hall–Kier alpha value is -2.04. The maximum Gasteiger partial charge on any atom is 0.276 e. The number of nitro benzene ring substituents is 1. The van der Waals surface area contributed by atoms with Crippen LogP contribution >= 0.6 is 0 Å². The van der Waals surface area contributed by atoms with Crippen LogP contribution in [0.4, 0.5) is 5.69 Å². The summed E-state index contributed by atoms with van der Waals surface area (Å²) in [5, 5.41) is 10.8. The Kier molecular flexibility index (Phi) is 2.53. The van der Waals surface area contributed by atoms with E-state index in [-0.39, 0.29) is 5.69 Å². The van der Waals surface area contributed by atoms with Gasteiger partial charge in [-0.2, -0.15) is 0 Å². The monoisotopic (exact) mass is 235 g/mol. The molecule has 0 unspecified atom stereocenters. The summed E-state index contributed by atoms with van der Waals surface area (Å²) in [5.74, 6) is 0.921. The molecule has 0 fully saturated rings. The first-order chi connectivity index (χ1) is 7.93. The van der Waals surface area contributed by atoms with Crippen molar-refractivity contribution in [3.05, 3.63) is 33.9 Å². The first-order valence-electron chi connectivity index (χ1n) is 5.17. The summed E-state index contributed by atoms with van der Waals surface area (Å²) in [4.78, 5) is 10.3. The van der Waals surface area contributed by atoms with Crippen molar-refractivity contribution in [3.8, 4) is 11.5 Å². The van der Waals surface area contributed by atoms with Gasteiger partial charge in [0.2, 0.25) is 0 Å². The highest BCUT2D eigenvalue weighted by Crippen LogP contribution is 2.39. The fourth-order valence-corrected chi connectivity index (χ4v) is 1.71. The van der Waals surface area contributed by atoms with Gasteiger partial charge in [-0.1, -0.05) is 0 Å². The van der Waals surface area contributed by atoms with Crippen LogP contribution in [0.2, 0.25) is 0 Å². The number of methoxy groups -OCH3 is 1. The van der Waals surface area contributed by atoms with Crippen molar-refractivity contribution >= 4 is 11.8 Å². The van der Waals surface area contributed by atoms with Crippen molar-refractivity contribution in [1.29, 1.82) is 0 Å². The molecule has 0 bridgehead atoms. The molecule has 1 aliphatic heterocycles. The van der Waals surface area contributed by atoms with E-state index in [1.807, 2.05) is 26.0 Å². The largest absolute Gasteiger partial charge is 0.496 e. The van der Waals surface area contributed by atoms with Gasteiger partial charge in [0.1, 0.15) is 17.1 Å². The van der Waals surface area contributed by atoms with Gasteiger partial charge < -0.3 is 9.47 Å². The maximum absolute atomic E-state index is 10.8. The maximum atomic E-state index is 10.8. The number of fused-ring (bicyclic) bond motifs is 1. The van der Waals surface area contributed by atoms with Gasteiger partial charge in [0.25, 0.3) is 5.69 Å². The van der Waals surface area contributed by atoms with Gasteiger partial charge in [0.05, 0.1) is 29.7 Å². The van der Waals surface area contributed by atoms with Crippen LogP contribution in [0.25, 0.3) is 6.08 Å². The first kappa shape index (κ1) is 11.4. The number of ether oxygens (including phenoxy) is 2. The molecule has 0 saturated heterocycles. The zero-order valence-electron chi connectivity index (χ0n) is 9.89. The number of non-ortho nitro benzene ring substituents is 1. The second-order valence-corrected chi connectivity index (χ2v) is 4.36. The highest BCUT2D eigenvalue weighted by atomic mass is 16.6. The van der Waals surface area contributed by atoms with E-state index in [4.69, 9.17) is 9.47 Å². The SMILES string of the molecule is COc1cc([N+](=O)[O-])cc2c1C=CC(C)(C)O2. The molecular weight excluding hydrogens is 222 g/mol.